The Hall–Kier alpha value is -0.730. The maximum Gasteiger partial charge on any atom is 0.191 e. The molecule has 68 valence electrons. The predicted octanol–water partition coefficient (Wildman–Crippen LogP) is 0.868. The lowest BCUT2D eigenvalue weighted by Crippen LogP contribution is -2.41. The van der Waals surface area contributed by atoms with Crippen molar-refractivity contribution in [3.63, 3.8) is 0 Å². The minimum Gasteiger partial charge on any atom is -0.355 e. The van der Waals surface area contributed by atoms with Crippen LogP contribution in [0, 0.1) is 0 Å². The monoisotopic (exact) mass is 167 g/mol. The van der Waals surface area contributed by atoms with E-state index < -0.39 is 0 Å². The average Bonchev–Trinajstić information content (AvgIpc) is 2.59. The molecular formula is C9H17N3. The van der Waals surface area contributed by atoms with E-state index in [0.29, 0.717) is 6.04 Å². The van der Waals surface area contributed by atoms with Gasteiger partial charge in [-0.15, -0.1) is 0 Å². The van der Waals surface area contributed by atoms with Gasteiger partial charge in [-0.05, 0) is 12.8 Å². The standard InChI is InChI=1S/C9H17N3/c1-2-4-8(5-3-1)12-9-10-6-7-11-9/h8H,1-7H2,(H2,10,11,12). The van der Waals surface area contributed by atoms with Crippen LogP contribution >= 0.6 is 0 Å². The van der Waals surface area contributed by atoms with E-state index in [1.165, 1.54) is 32.1 Å². The number of nitrogens with one attached hydrogen (secondary N) is 2. The second-order valence-electron chi connectivity index (χ2n) is 3.64. The number of rotatable bonds is 1. The Morgan fingerprint density at radius 3 is 2.75 bits per heavy atom. The number of guanidine groups is 1. The second kappa shape index (κ2) is 3.78. The highest BCUT2D eigenvalue weighted by Crippen LogP contribution is 2.17. The highest BCUT2D eigenvalue weighted by molar-refractivity contribution is 5.81. The fourth-order valence-corrected chi connectivity index (χ4v) is 1.93. The first-order valence-electron chi connectivity index (χ1n) is 5.00. The molecule has 2 aliphatic rings. The van der Waals surface area contributed by atoms with Crippen molar-refractivity contribution in [1.29, 1.82) is 0 Å². The normalized spacial score (nSPS) is 24.8. The van der Waals surface area contributed by atoms with Gasteiger partial charge >= 0.3 is 0 Å². The molecule has 0 atom stereocenters. The summed E-state index contributed by atoms with van der Waals surface area (Å²) in [6.07, 6.45) is 6.81. The van der Waals surface area contributed by atoms with Gasteiger partial charge in [0, 0.05) is 12.6 Å². The quantitative estimate of drug-likeness (QED) is 0.608. The summed E-state index contributed by atoms with van der Waals surface area (Å²) >= 11 is 0. The number of hydrogen-bond donors (Lipinski definition) is 2. The highest BCUT2D eigenvalue weighted by atomic mass is 15.2. The van der Waals surface area contributed by atoms with Crippen molar-refractivity contribution in [2.75, 3.05) is 13.1 Å². The van der Waals surface area contributed by atoms with E-state index in [0.717, 1.165) is 19.0 Å². The third-order valence-electron chi connectivity index (χ3n) is 2.62. The molecule has 1 saturated carbocycles. The summed E-state index contributed by atoms with van der Waals surface area (Å²) in [5.74, 6) is 1.03. The van der Waals surface area contributed by atoms with E-state index in [4.69, 9.17) is 0 Å². The first kappa shape index (κ1) is 7.90. The van der Waals surface area contributed by atoms with Crippen LogP contribution in [0.5, 0.6) is 0 Å². The SMILES string of the molecule is C1CCC(NC2=NCCN2)CC1. The van der Waals surface area contributed by atoms with Gasteiger partial charge in [0.25, 0.3) is 0 Å². The van der Waals surface area contributed by atoms with Gasteiger partial charge < -0.3 is 10.6 Å². The van der Waals surface area contributed by atoms with Gasteiger partial charge in [-0.25, -0.2) is 0 Å². The van der Waals surface area contributed by atoms with Crippen molar-refractivity contribution >= 4 is 5.96 Å². The molecule has 2 rings (SSSR count). The third kappa shape index (κ3) is 1.90. The molecule has 1 heterocycles. The lowest BCUT2D eigenvalue weighted by atomic mass is 9.96. The van der Waals surface area contributed by atoms with Crippen LogP contribution in [0.3, 0.4) is 0 Å². The zero-order valence-corrected chi connectivity index (χ0v) is 7.47. The molecule has 0 amide bonds. The molecule has 1 aliphatic heterocycles. The molecule has 1 fully saturated rings. The fraction of sp³-hybridized carbons (Fsp3) is 0.889. The molecule has 0 saturated heterocycles. The average molecular weight is 167 g/mol. The van der Waals surface area contributed by atoms with Gasteiger partial charge in [0.1, 0.15) is 0 Å². The summed E-state index contributed by atoms with van der Waals surface area (Å²) in [6.45, 7) is 1.95. The first-order chi connectivity index (χ1) is 5.95. The lowest BCUT2D eigenvalue weighted by molar-refractivity contribution is 0.411. The zero-order valence-electron chi connectivity index (χ0n) is 7.47. The van der Waals surface area contributed by atoms with Crippen molar-refractivity contribution in [3.05, 3.63) is 0 Å². The largest absolute Gasteiger partial charge is 0.355 e. The van der Waals surface area contributed by atoms with Crippen molar-refractivity contribution in [2.45, 2.75) is 38.1 Å². The summed E-state index contributed by atoms with van der Waals surface area (Å²) in [6, 6.07) is 0.683. The zero-order chi connectivity index (χ0) is 8.23. The van der Waals surface area contributed by atoms with Crippen LogP contribution in [0.1, 0.15) is 32.1 Å². The van der Waals surface area contributed by atoms with Gasteiger partial charge in [-0.2, -0.15) is 0 Å². The molecule has 0 aromatic heterocycles. The molecule has 2 N–H and O–H groups in total. The highest BCUT2D eigenvalue weighted by Gasteiger charge is 2.15. The van der Waals surface area contributed by atoms with Crippen molar-refractivity contribution < 1.29 is 0 Å². The summed E-state index contributed by atoms with van der Waals surface area (Å²) < 4.78 is 0. The van der Waals surface area contributed by atoms with E-state index in [1.54, 1.807) is 0 Å². The Labute approximate surface area is 73.6 Å². The Balaban J connectivity index is 1.77. The van der Waals surface area contributed by atoms with Crippen LogP contribution in [0.15, 0.2) is 4.99 Å². The van der Waals surface area contributed by atoms with Gasteiger partial charge in [0.15, 0.2) is 5.96 Å². The summed E-state index contributed by atoms with van der Waals surface area (Å²) in [5.41, 5.74) is 0. The smallest absolute Gasteiger partial charge is 0.191 e. The van der Waals surface area contributed by atoms with Crippen LogP contribution in [-0.2, 0) is 0 Å². The predicted molar refractivity (Wildman–Crippen MR) is 50.3 cm³/mol. The lowest BCUT2D eigenvalue weighted by Gasteiger charge is -2.23. The van der Waals surface area contributed by atoms with E-state index in [2.05, 4.69) is 15.6 Å². The minimum absolute atomic E-state index is 0.683. The van der Waals surface area contributed by atoms with Crippen LogP contribution in [-0.4, -0.2) is 25.1 Å². The molecule has 0 unspecified atom stereocenters. The molecular weight excluding hydrogens is 150 g/mol. The molecule has 0 aromatic rings. The Bertz CT molecular complexity index is 171. The van der Waals surface area contributed by atoms with Crippen LogP contribution in [0.2, 0.25) is 0 Å². The van der Waals surface area contributed by atoms with E-state index >= 15 is 0 Å². The Morgan fingerprint density at radius 2 is 2.08 bits per heavy atom. The molecule has 0 spiro atoms. The van der Waals surface area contributed by atoms with Gasteiger partial charge in [0.05, 0.1) is 6.54 Å². The van der Waals surface area contributed by atoms with E-state index in [-0.39, 0.29) is 0 Å². The maximum absolute atomic E-state index is 4.32. The third-order valence-corrected chi connectivity index (χ3v) is 2.62. The van der Waals surface area contributed by atoms with Gasteiger partial charge in [-0.3, -0.25) is 4.99 Å². The molecule has 3 heteroatoms. The van der Waals surface area contributed by atoms with Crippen molar-refractivity contribution in [3.8, 4) is 0 Å². The Morgan fingerprint density at radius 1 is 1.25 bits per heavy atom. The molecule has 0 aromatic carbocycles. The molecule has 3 nitrogen and oxygen atoms in total. The summed E-state index contributed by atoms with van der Waals surface area (Å²) in [5, 5.41) is 6.70. The second-order valence-corrected chi connectivity index (χ2v) is 3.64. The molecule has 12 heavy (non-hydrogen) atoms. The topological polar surface area (TPSA) is 36.4 Å². The van der Waals surface area contributed by atoms with Gasteiger partial charge in [0.2, 0.25) is 0 Å². The van der Waals surface area contributed by atoms with E-state index in [9.17, 15) is 0 Å². The number of hydrogen-bond acceptors (Lipinski definition) is 3. The first-order valence-corrected chi connectivity index (χ1v) is 5.00. The summed E-state index contributed by atoms with van der Waals surface area (Å²) in [4.78, 5) is 4.32. The Kier molecular flexibility index (Phi) is 2.49. The molecule has 1 aliphatic carbocycles. The number of nitrogens with zero attached hydrogens (tertiary/aromatic N) is 1. The minimum atomic E-state index is 0.683. The van der Waals surface area contributed by atoms with E-state index in [1.807, 2.05) is 0 Å². The summed E-state index contributed by atoms with van der Waals surface area (Å²) in [7, 11) is 0. The van der Waals surface area contributed by atoms with Crippen LogP contribution in [0.25, 0.3) is 0 Å². The van der Waals surface area contributed by atoms with Crippen molar-refractivity contribution in [1.82, 2.24) is 10.6 Å². The molecule has 0 radical (unpaired) electrons. The fourth-order valence-electron chi connectivity index (χ4n) is 1.93. The van der Waals surface area contributed by atoms with Crippen LogP contribution < -0.4 is 10.6 Å². The van der Waals surface area contributed by atoms with Crippen LogP contribution in [0.4, 0.5) is 0 Å². The number of aliphatic imine (C=N–C) groups is 1. The molecule has 0 bridgehead atoms. The van der Waals surface area contributed by atoms with Gasteiger partial charge in [-0.1, -0.05) is 19.3 Å². The van der Waals surface area contributed by atoms with Crippen molar-refractivity contribution in [2.24, 2.45) is 4.99 Å². The maximum atomic E-state index is 4.32.